The molecule has 2 aromatic rings. The highest BCUT2D eigenvalue weighted by Gasteiger charge is 2.18. The Kier molecular flexibility index (Phi) is 1.88. The van der Waals surface area contributed by atoms with Crippen LogP contribution in [0.3, 0.4) is 0 Å². The van der Waals surface area contributed by atoms with Gasteiger partial charge in [0, 0.05) is 7.05 Å². The SMILES string of the molecule is Cn1cnc2c(C(C)(C)C)cccc21. The first-order valence-electron chi connectivity index (χ1n) is 4.90. The number of aromatic nitrogens is 2. The number of hydrogen-bond donors (Lipinski definition) is 0. The van der Waals surface area contributed by atoms with E-state index in [1.165, 1.54) is 11.1 Å². The topological polar surface area (TPSA) is 17.8 Å². The van der Waals surface area contributed by atoms with Crippen LogP contribution in [0.4, 0.5) is 0 Å². The number of fused-ring (bicyclic) bond motifs is 1. The number of hydrogen-bond acceptors (Lipinski definition) is 1. The number of para-hydroxylation sites is 1. The van der Waals surface area contributed by atoms with Gasteiger partial charge >= 0.3 is 0 Å². The summed E-state index contributed by atoms with van der Waals surface area (Å²) in [5, 5.41) is 0. The van der Waals surface area contributed by atoms with Crippen molar-refractivity contribution in [3.8, 4) is 0 Å². The van der Waals surface area contributed by atoms with Crippen LogP contribution in [-0.4, -0.2) is 9.55 Å². The highest BCUT2D eigenvalue weighted by Crippen LogP contribution is 2.28. The third kappa shape index (κ3) is 1.31. The number of nitrogens with zero attached hydrogens (tertiary/aromatic N) is 2. The van der Waals surface area contributed by atoms with Gasteiger partial charge in [0.05, 0.1) is 17.4 Å². The number of benzene rings is 1. The first kappa shape index (κ1) is 9.25. The fourth-order valence-corrected chi connectivity index (χ4v) is 1.76. The van der Waals surface area contributed by atoms with Crippen molar-refractivity contribution in [1.29, 1.82) is 0 Å². The van der Waals surface area contributed by atoms with Gasteiger partial charge in [-0.25, -0.2) is 4.98 Å². The summed E-state index contributed by atoms with van der Waals surface area (Å²) in [5.74, 6) is 0. The summed E-state index contributed by atoms with van der Waals surface area (Å²) in [7, 11) is 2.03. The van der Waals surface area contributed by atoms with Crippen molar-refractivity contribution in [2.45, 2.75) is 26.2 Å². The largest absolute Gasteiger partial charge is 0.334 e. The van der Waals surface area contributed by atoms with Gasteiger partial charge in [0.2, 0.25) is 0 Å². The van der Waals surface area contributed by atoms with E-state index in [4.69, 9.17) is 0 Å². The molecule has 0 N–H and O–H groups in total. The Bertz CT molecular complexity index is 461. The average Bonchev–Trinajstić information content (AvgIpc) is 2.46. The number of rotatable bonds is 0. The van der Waals surface area contributed by atoms with Gasteiger partial charge < -0.3 is 4.57 Å². The molecule has 0 atom stereocenters. The zero-order valence-electron chi connectivity index (χ0n) is 9.20. The smallest absolute Gasteiger partial charge is 0.0955 e. The minimum atomic E-state index is 0.161. The second-order valence-electron chi connectivity index (χ2n) is 4.78. The molecule has 1 aromatic carbocycles. The summed E-state index contributed by atoms with van der Waals surface area (Å²) < 4.78 is 2.06. The zero-order valence-corrected chi connectivity index (χ0v) is 9.20. The Balaban J connectivity index is 2.79. The highest BCUT2D eigenvalue weighted by atomic mass is 15.0. The van der Waals surface area contributed by atoms with E-state index in [1.54, 1.807) is 0 Å². The van der Waals surface area contributed by atoms with E-state index in [2.05, 4.69) is 48.5 Å². The molecule has 0 radical (unpaired) electrons. The van der Waals surface area contributed by atoms with Gasteiger partial charge in [-0.1, -0.05) is 32.9 Å². The lowest BCUT2D eigenvalue weighted by Crippen LogP contribution is -2.11. The third-order valence-corrected chi connectivity index (χ3v) is 2.56. The molecule has 0 amide bonds. The molecule has 0 unspecified atom stereocenters. The standard InChI is InChI=1S/C12H16N2/c1-12(2,3)9-6-5-7-10-11(9)13-8-14(10)4/h5-8H,1-4H3. The van der Waals surface area contributed by atoms with Crippen LogP contribution in [0.15, 0.2) is 24.5 Å². The lowest BCUT2D eigenvalue weighted by molar-refractivity contribution is 0.595. The zero-order chi connectivity index (χ0) is 10.3. The van der Waals surface area contributed by atoms with Crippen molar-refractivity contribution in [2.24, 2.45) is 7.05 Å². The maximum atomic E-state index is 4.45. The van der Waals surface area contributed by atoms with Gasteiger partial charge in [-0.2, -0.15) is 0 Å². The predicted molar refractivity (Wildman–Crippen MR) is 59.4 cm³/mol. The molecule has 0 aliphatic heterocycles. The van der Waals surface area contributed by atoms with E-state index in [0.717, 1.165) is 5.52 Å². The Labute approximate surface area is 84.6 Å². The van der Waals surface area contributed by atoms with E-state index in [9.17, 15) is 0 Å². The van der Waals surface area contributed by atoms with Crippen LogP contribution in [0, 0.1) is 0 Å². The molecule has 0 spiro atoms. The van der Waals surface area contributed by atoms with Crippen molar-refractivity contribution < 1.29 is 0 Å². The van der Waals surface area contributed by atoms with Crippen LogP contribution in [0.5, 0.6) is 0 Å². The molecule has 74 valence electrons. The number of aryl methyl sites for hydroxylation is 1. The maximum Gasteiger partial charge on any atom is 0.0955 e. The van der Waals surface area contributed by atoms with Crippen LogP contribution < -0.4 is 0 Å². The first-order valence-corrected chi connectivity index (χ1v) is 4.90. The molecule has 0 fully saturated rings. The molecule has 2 nitrogen and oxygen atoms in total. The van der Waals surface area contributed by atoms with Crippen molar-refractivity contribution in [3.05, 3.63) is 30.1 Å². The second kappa shape index (κ2) is 2.84. The van der Waals surface area contributed by atoms with Gasteiger partial charge in [-0.15, -0.1) is 0 Å². The lowest BCUT2D eigenvalue weighted by atomic mass is 9.86. The quantitative estimate of drug-likeness (QED) is 0.621. The van der Waals surface area contributed by atoms with Crippen LogP contribution in [0.25, 0.3) is 11.0 Å². The molecule has 14 heavy (non-hydrogen) atoms. The molecular weight excluding hydrogens is 172 g/mol. The molecule has 0 saturated heterocycles. The van der Waals surface area contributed by atoms with Gasteiger partial charge in [0.1, 0.15) is 0 Å². The van der Waals surface area contributed by atoms with E-state index >= 15 is 0 Å². The molecule has 0 bridgehead atoms. The van der Waals surface area contributed by atoms with Crippen molar-refractivity contribution in [1.82, 2.24) is 9.55 Å². The molecular formula is C12H16N2. The second-order valence-corrected chi connectivity index (χ2v) is 4.78. The Morgan fingerprint density at radius 3 is 2.57 bits per heavy atom. The van der Waals surface area contributed by atoms with Crippen molar-refractivity contribution in [3.63, 3.8) is 0 Å². The monoisotopic (exact) mass is 188 g/mol. The summed E-state index contributed by atoms with van der Waals surface area (Å²) in [6.07, 6.45) is 1.87. The minimum absolute atomic E-state index is 0.161. The fraction of sp³-hybridized carbons (Fsp3) is 0.417. The van der Waals surface area contributed by atoms with Gasteiger partial charge in [-0.05, 0) is 17.0 Å². The molecule has 0 aliphatic rings. The Morgan fingerprint density at radius 2 is 1.93 bits per heavy atom. The van der Waals surface area contributed by atoms with E-state index in [1.807, 2.05) is 13.4 Å². The summed E-state index contributed by atoms with van der Waals surface area (Å²) in [6.45, 7) is 6.66. The van der Waals surface area contributed by atoms with Crippen LogP contribution in [0.2, 0.25) is 0 Å². The predicted octanol–water partition coefficient (Wildman–Crippen LogP) is 2.87. The average molecular weight is 188 g/mol. The highest BCUT2D eigenvalue weighted by molar-refractivity contribution is 5.79. The van der Waals surface area contributed by atoms with Gasteiger partial charge in [0.15, 0.2) is 0 Å². The molecule has 1 heterocycles. The van der Waals surface area contributed by atoms with Crippen LogP contribution in [-0.2, 0) is 12.5 Å². The molecule has 0 saturated carbocycles. The van der Waals surface area contributed by atoms with E-state index in [0.29, 0.717) is 0 Å². The minimum Gasteiger partial charge on any atom is -0.334 e. The van der Waals surface area contributed by atoms with Gasteiger partial charge in [0.25, 0.3) is 0 Å². The Morgan fingerprint density at radius 1 is 1.21 bits per heavy atom. The van der Waals surface area contributed by atoms with Crippen molar-refractivity contribution >= 4 is 11.0 Å². The molecule has 1 aromatic heterocycles. The lowest BCUT2D eigenvalue weighted by Gasteiger charge is -2.19. The maximum absolute atomic E-state index is 4.45. The summed E-state index contributed by atoms with van der Waals surface area (Å²) in [6, 6.07) is 6.37. The van der Waals surface area contributed by atoms with Crippen molar-refractivity contribution in [2.75, 3.05) is 0 Å². The Hall–Kier alpha value is -1.31. The summed E-state index contributed by atoms with van der Waals surface area (Å²) in [5.41, 5.74) is 3.81. The normalized spacial score (nSPS) is 12.3. The van der Waals surface area contributed by atoms with Gasteiger partial charge in [-0.3, -0.25) is 0 Å². The molecule has 0 aliphatic carbocycles. The fourth-order valence-electron chi connectivity index (χ4n) is 1.76. The van der Waals surface area contributed by atoms with Crippen LogP contribution >= 0.6 is 0 Å². The number of imidazole rings is 1. The van der Waals surface area contributed by atoms with Crippen LogP contribution in [0.1, 0.15) is 26.3 Å². The summed E-state index contributed by atoms with van der Waals surface area (Å²) >= 11 is 0. The molecule has 2 heteroatoms. The van der Waals surface area contributed by atoms with E-state index in [-0.39, 0.29) is 5.41 Å². The first-order chi connectivity index (χ1) is 6.50. The molecule has 2 rings (SSSR count). The third-order valence-electron chi connectivity index (χ3n) is 2.56. The summed E-state index contributed by atoms with van der Waals surface area (Å²) in [4.78, 5) is 4.45. The van der Waals surface area contributed by atoms with E-state index < -0.39 is 0 Å².